The zero-order valence-electron chi connectivity index (χ0n) is 24.4. The van der Waals surface area contributed by atoms with E-state index in [2.05, 4.69) is 34.6 Å². The van der Waals surface area contributed by atoms with E-state index in [9.17, 15) is 19.8 Å². The first-order valence-corrected chi connectivity index (χ1v) is 15.2. The fourth-order valence-corrected chi connectivity index (χ4v) is 12.1. The van der Waals surface area contributed by atoms with Crippen LogP contribution in [-0.4, -0.2) is 34.9 Å². The number of carboxylic acid groups (broad SMARTS) is 1. The Kier molecular flexibility index (Phi) is 6.46. The summed E-state index contributed by atoms with van der Waals surface area (Å²) in [6, 6.07) is 0. The van der Waals surface area contributed by atoms with E-state index in [0.29, 0.717) is 42.6 Å². The van der Waals surface area contributed by atoms with E-state index in [1.165, 1.54) is 32.6 Å². The molecule has 5 aliphatic rings. The van der Waals surface area contributed by atoms with Crippen LogP contribution in [0, 0.1) is 62.6 Å². The molecule has 0 radical (unpaired) electrons. The van der Waals surface area contributed by atoms with Gasteiger partial charge in [-0.15, -0.1) is 0 Å². The Morgan fingerprint density at radius 3 is 2.16 bits per heavy atom. The third-order valence-corrected chi connectivity index (χ3v) is 14.2. The second kappa shape index (κ2) is 8.70. The molecule has 0 spiro atoms. The van der Waals surface area contributed by atoms with Crippen LogP contribution in [0.2, 0.25) is 0 Å². The fraction of sp³-hybridized carbons (Fsp3) is 0.938. The first-order chi connectivity index (χ1) is 17.2. The monoisotopic (exact) mass is 516 g/mol. The number of aliphatic hydroxyl groups is 1. The van der Waals surface area contributed by atoms with Crippen molar-refractivity contribution in [2.45, 2.75) is 119 Å². The summed E-state index contributed by atoms with van der Waals surface area (Å²) in [6.07, 6.45) is 10.0. The van der Waals surface area contributed by atoms with Gasteiger partial charge in [-0.25, -0.2) is 0 Å². The van der Waals surface area contributed by atoms with Crippen molar-refractivity contribution in [3.05, 3.63) is 0 Å². The van der Waals surface area contributed by atoms with E-state index >= 15 is 0 Å². The second-order valence-corrected chi connectivity index (χ2v) is 15.4. The van der Waals surface area contributed by atoms with Gasteiger partial charge in [-0.3, -0.25) is 9.59 Å². The number of hydrogen-bond acceptors (Lipinski definition) is 4. The molecule has 0 aromatic heterocycles. The minimum absolute atomic E-state index is 0.00356. The van der Waals surface area contributed by atoms with Crippen molar-refractivity contribution in [2.75, 3.05) is 6.61 Å². The summed E-state index contributed by atoms with van der Waals surface area (Å²) >= 11 is 0. The molecule has 2 N–H and O–H groups in total. The zero-order valence-corrected chi connectivity index (χ0v) is 24.4. The molecule has 0 heterocycles. The lowest BCUT2D eigenvalue weighted by molar-refractivity contribution is -0.255. The fourth-order valence-electron chi connectivity index (χ4n) is 12.1. The van der Waals surface area contributed by atoms with Gasteiger partial charge in [-0.1, -0.05) is 34.6 Å². The minimum Gasteiger partial charge on any atom is -0.481 e. The van der Waals surface area contributed by atoms with Crippen molar-refractivity contribution in [3.8, 4) is 0 Å². The Balaban J connectivity index is 1.53. The van der Waals surface area contributed by atoms with Crippen LogP contribution in [-0.2, 0) is 14.3 Å². The number of esters is 1. The molecule has 5 fully saturated rings. The molecule has 0 aliphatic heterocycles. The van der Waals surface area contributed by atoms with Gasteiger partial charge in [0.1, 0.15) is 11.5 Å². The Hall–Kier alpha value is -1.10. The summed E-state index contributed by atoms with van der Waals surface area (Å²) in [4.78, 5) is 24.8. The van der Waals surface area contributed by atoms with Crippen LogP contribution in [0.4, 0.5) is 0 Å². The maximum atomic E-state index is 12.9. The quantitative estimate of drug-likeness (QED) is 0.406. The molecule has 0 aromatic carbocycles. The molecular weight excluding hydrogens is 464 g/mol. The van der Waals surface area contributed by atoms with Crippen molar-refractivity contribution in [1.29, 1.82) is 0 Å². The van der Waals surface area contributed by atoms with Crippen LogP contribution < -0.4 is 0 Å². The van der Waals surface area contributed by atoms with Crippen molar-refractivity contribution >= 4 is 11.9 Å². The van der Waals surface area contributed by atoms with Gasteiger partial charge in [-0.2, -0.15) is 0 Å². The topological polar surface area (TPSA) is 83.8 Å². The highest BCUT2D eigenvalue weighted by molar-refractivity contribution is 5.77. The highest BCUT2D eigenvalue weighted by Crippen LogP contribution is 2.77. The minimum atomic E-state index is -1.05. The maximum Gasteiger partial charge on any atom is 0.313 e. The number of carbonyl (C=O) groups is 2. The van der Waals surface area contributed by atoms with Crippen LogP contribution in [0.3, 0.4) is 0 Å². The van der Waals surface area contributed by atoms with Gasteiger partial charge in [0, 0.05) is 13.5 Å². The molecule has 37 heavy (non-hydrogen) atoms. The van der Waals surface area contributed by atoms with E-state index in [1.54, 1.807) is 0 Å². The van der Waals surface area contributed by atoms with E-state index in [0.717, 1.165) is 32.1 Å². The van der Waals surface area contributed by atoms with Crippen LogP contribution >= 0.6 is 0 Å². The Morgan fingerprint density at radius 1 is 0.865 bits per heavy atom. The molecule has 0 amide bonds. The van der Waals surface area contributed by atoms with E-state index in [-0.39, 0.29) is 33.5 Å². The lowest BCUT2D eigenvalue weighted by Crippen LogP contribution is -2.68. The molecule has 5 saturated carbocycles. The number of aliphatic carboxylic acids is 1. The predicted molar refractivity (Wildman–Crippen MR) is 144 cm³/mol. The van der Waals surface area contributed by atoms with Gasteiger partial charge in [0.15, 0.2) is 0 Å². The third kappa shape index (κ3) is 3.43. The summed E-state index contributed by atoms with van der Waals surface area (Å²) in [5, 5.41) is 21.3. The Bertz CT molecular complexity index is 945. The molecule has 5 rings (SSSR count). The van der Waals surface area contributed by atoms with Gasteiger partial charge >= 0.3 is 11.9 Å². The average molecular weight is 517 g/mol. The van der Waals surface area contributed by atoms with Crippen molar-refractivity contribution in [2.24, 2.45) is 62.6 Å². The molecule has 1 unspecified atom stereocenters. The summed E-state index contributed by atoms with van der Waals surface area (Å²) in [7, 11) is 0. The smallest absolute Gasteiger partial charge is 0.313 e. The van der Waals surface area contributed by atoms with Crippen LogP contribution in [0.5, 0.6) is 0 Å². The summed E-state index contributed by atoms with van der Waals surface area (Å²) in [6.45, 7) is 15.9. The zero-order chi connectivity index (χ0) is 27.2. The first kappa shape index (κ1) is 27.5. The average Bonchev–Trinajstić information content (AvgIpc) is 3.22. The summed E-state index contributed by atoms with van der Waals surface area (Å²) < 4.78 is 5.69. The number of fused-ring (bicyclic) bond motifs is 7. The third-order valence-electron chi connectivity index (χ3n) is 14.2. The maximum absolute atomic E-state index is 12.9. The number of rotatable bonds is 4. The lowest BCUT2D eigenvalue weighted by atomic mass is 9.32. The van der Waals surface area contributed by atoms with Crippen LogP contribution in [0.15, 0.2) is 0 Å². The van der Waals surface area contributed by atoms with Crippen LogP contribution in [0.25, 0.3) is 0 Å². The van der Waals surface area contributed by atoms with Gasteiger partial charge in [0.05, 0.1) is 0 Å². The number of hydrogen-bond donors (Lipinski definition) is 2. The Morgan fingerprint density at radius 2 is 1.57 bits per heavy atom. The summed E-state index contributed by atoms with van der Waals surface area (Å²) in [5.41, 5.74) is -0.668. The van der Waals surface area contributed by atoms with Crippen molar-refractivity contribution in [1.82, 2.24) is 0 Å². The molecule has 210 valence electrons. The molecule has 5 nitrogen and oxygen atoms in total. The summed E-state index contributed by atoms with van der Waals surface area (Å²) in [5.74, 6) is 1.86. The number of carbonyl (C=O) groups excluding carboxylic acids is 1. The molecule has 11 atom stereocenters. The van der Waals surface area contributed by atoms with E-state index < -0.39 is 17.5 Å². The van der Waals surface area contributed by atoms with Crippen molar-refractivity contribution in [3.63, 3.8) is 0 Å². The number of carboxylic acids is 1. The van der Waals surface area contributed by atoms with Gasteiger partial charge < -0.3 is 14.9 Å². The molecular formula is C32H52O5. The highest BCUT2D eigenvalue weighted by atomic mass is 16.5. The number of ether oxygens (including phenoxy) is 1. The van der Waals surface area contributed by atoms with Gasteiger partial charge in [0.2, 0.25) is 0 Å². The van der Waals surface area contributed by atoms with Crippen molar-refractivity contribution < 1.29 is 24.5 Å². The molecule has 0 bridgehead atoms. The first-order valence-electron chi connectivity index (χ1n) is 15.2. The second-order valence-electron chi connectivity index (χ2n) is 15.4. The molecule has 0 saturated heterocycles. The molecule has 0 aromatic rings. The number of aliphatic hydroxyl groups excluding tert-OH is 1. The van der Waals surface area contributed by atoms with E-state index in [4.69, 9.17) is 4.74 Å². The molecule has 5 heteroatoms. The largest absolute Gasteiger partial charge is 0.481 e. The predicted octanol–water partition coefficient (Wildman–Crippen LogP) is 6.71. The molecule has 5 aliphatic carbocycles. The SMILES string of the molecule is CC(=O)O[C@@H]1CC[C@]2(C)[C@H]3CC[C@@H]4[C@H]5[C@H](C(C)C)CC[C@]5(CO)CC[C@@]4(C)[C@]3(C)CC[C@H]2C1(C)C(=O)O. The normalized spacial score (nSPS) is 53.0. The Labute approximate surface area is 224 Å². The van der Waals surface area contributed by atoms with E-state index in [1.807, 2.05) is 6.92 Å². The highest BCUT2D eigenvalue weighted by Gasteiger charge is 2.72. The lowest BCUT2D eigenvalue weighted by Gasteiger charge is -2.72. The van der Waals surface area contributed by atoms with Gasteiger partial charge in [0.25, 0.3) is 0 Å². The van der Waals surface area contributed by atoms with Crippen LogP contribution in [0.1, 0.15) is 113 Å². The standard InChI is InChI=1S/C32H52O5/c1-19(2)21-10-15-32(18-33)17-16-29(5)22(26(21)32)8-9-23-28(4)13-12-25(37-20(3)34)31(7,27(35)36)24(28)11-14-30(23,29)6/h19,21-26,33H,8-18H2,1-7H3,(H,35,36)/t21-,22+,23+,24+,25+,26+,28+,29+,30+,31?,32+/m0/s1. The van der Waals surface area contributed by atoms with Gasteiger partial charge in [-0.05, 0) is 128 Å².